The fourth-order valence-electron chi connectivity index (χ4n) is 1.74. The van der Waals surface area contributed by atoms with Crippen molar-refractivity contribution >= 4 is 11.9 Å². The predicted molar refractivity (Wildman–Crippen MR) is 79.2 cm³/mol. The van der Waals surface area contributed by atoms with Crippen molar-refractivity contribution in [2.45, 2.75) is 39.3 Å². The number of hydrogen-bond donors (Lipinski definition) is 3. The van der Waals surface area contributed by atoms with Crippen molar-refractivity contribution in [3.8, 4) is 0 Å². The van der Waals surface area contributed by atoms with Gasteiger partial charge in [-0.3, -0.25) is 10.1 Å². The van der Waals surface area contributed by atoms with Crippen LogP contribution in [-0.4, -0.2) is 24.5 Å². The summed E-state index contributed by atoms with van der Waals surface area (Å²) >= 11 is 0. The van der Waals surface area contributed by atoms with E-state index in [1.54, 1.807) is 6.92 Å². The molecule has 2 atom stereocenters. The minimum absolute atomic E-state index is 0.0343. The SMILES string of the molecule is CC[C@H](C)NC(=O)NC(=O)CN[C@H](C)c1ccc(F)cc1F. The lowest BCUT2D eigenvalue weighted by Crippen LogP contribution is -2.46. The Morgan fingerprint density at radius 2 is 1.91 bits per heavy atom. The summed E-state index contributed by atoms with van der Waals surface area (Å²) in [7, 11) is 0. The third kappa shape index (κ3) is 5.77. The molecule has 122 valence electrons. The second kappa shape index (κ2) is 8.43. The first-order valence-corrected chi connectivity index (χ1v) is 7.12. The number of urea groups is 1. The Hall–Kier alpha value is -2.02. The van der Waals surface area contributed by atoms with Gasteiger partial charge in [0.2, 0.25) is 5.91 Å². The lowest BCUT2D eigenvalue weighted by molar-refractivity contribution is -0.119. The van der Waals surface area contributed by atoms with Crippen molar-refractivity contribution in [3.05, 3.63) is 35.4 Å². The molecule has 7 heteroatoms. The molecule has 0 aromatic heterocycles. The van der Waals surface area contributed by atoms with Crippen molar-refractivity contribution in [1.29, 1.82) is 0 Å². The van der Waals surface area contributed by atoms with E-state index in [1.807, 2.05) is 13.8 Å². The number of halogens is 2. The first kappa shape index (κ1) is 18.0. The summed E-state index contributed by atoms with van der Waals surface area (Å²) in [6.45, 7) is 5.21. The Kier molecular flexibility index (Phi) is 6.91. The number of benzene rings is 1. The molecule has 0 radical (unpaired) electrons. The van der Waals surface area contributed by atoms with Gasteiger partial charge in [0.15, 0.2) is 0 Å². The molecule has 1 aromatic rings. The zero-order valence-corrected chi connectivity index (χ0v) is 12.9. The quantitative estimate of drug-likeness (QED) is 0.754. The van der Waals surface area contributed by atoms with Crippen LogP contribution in [0.2, 0.25) is 0 Å². The van der Waals surface area contributed by atoms with Crippen LogP contribution < -0.4 is 16.0 Å². The molecular weight excluding hydrogens is 292 g/mol. The summed E-state index contributed by atoms with van der Waals surface area (Å²) in [5, 5.41) is 7.54. The summed E-state index contributed by atoms with van der Waals surface area (Å²) in [6, 6.07) is 2.15. The summed E-state index contributed by atoms with van der Waals surface area (Å²) in [6.07, 6.45) is 0.751. The van der Waals surface area contributed by atoms with Crippen LogP contribution in [0.25, 0.3) is 0 Å². The first-order valence-electron chi connectivity index (χ1n) is 7.12. The maximum Gasteiger partial charge on any atom is 0.321 e. The van der Waals surface area contributed by atoms with E-state index in [-0.39, 0.29) is 18.2 Å². The van der Waals surface area contributed by atoms with E-state index in [2.05, 4.69) is 16.0 Å². The maximum absolute atomic E-state index is 13.6. The third-order valence-corrected chi connectivity index (χ3v) is 3.24. The molecule has 0 bridgehead atoms. The highest BCUT2D eigenvalue weighted by Gasteiger charge is 2.14. The fourth-order valence-corrected chi connectivity index (χ4v) is 1.74. The standard InChI is InChI=1S/C15H21F2N3O2/c1-4-9(2)19-15(22)20-14(21)8-18-10(3)12-6-5-11(16)7-13(12)17/h5-7,9-10,18H,4,8H2,1-3H3,(H2,19,20,21,22)/t9-,10+/m0/s1. The van der Waals surface area contributed by atoms with Gasteiger partial charge in [-0.25, -0.2) is 13.6 Å². The number of nitrogens with one attached hydrogen (secondary N) is 3. The fraction of sp³-hybridized carbons (Fsp3) is 0.467. The Bertz CT molecular complexity index is 538. The van der Waals surface area contributed by atoms with E-state index in [4.69, 9.17) is 0 Å². The van der Waals surface area contributed by atoms with Gasteiger partial charge < -0.3 is 10.6 Å². The molecule has 1 rings (SSSR count). The lowest BCUT2D eigenvalue weighted by Gasteiger charge is -2.15. The van der Waals surface area contributed by atoms with Gasteiger partial charge >= 0.3 is 6.03 Å². The molecule has 3 N–H and O–H groups in total. The average Bonchev–Trinajstić information content (AvgIpc) is 2.44. The third-order valence-electron chi connectivity index (χ3n) is 3.24. The van der Waals surface area contributed by atoms with Gasteiger partial charge in [0, 0.05) is 23.7 Å². The molecule has 0 aliphatic rings. The van der Waals surface area contributed by atoms with Crippen molar-refractivity contribution in [2.75, 3.05) is 6.54 Å². The molecule has 0 saturated heterocycles. The number of rotatable bonds is 6. The maximum atomic E-state index is 13.6. The normalized spacial score (nSPS) is 13.3. The highest BCUT2D eigenvalue weighted by molar-refractivity contribution is 5.95. The monoisotopic (exact) mass is 313 g/mol. The second-order valence-electron chi connectivity index (χ2n) is 5.10. The zero-order chi connectivity index (χ0) is 16.7. The Balaban J connectivity index is 2.45. The molecule has 0 fully saturated rings. The number of hydrogen-bond acceptors (Lipinski definition) is 3. The number of imide groups is 1. The molecule has 0 aliphatic carbocycles. The number of carbonyl (C=O) groups is 2. The summed E-state index contributed by atoms with van der Waals surface area (Å²) in [4.78, 5) is 23.1. The summed E-state index contributed by atoms with van der Waals surface area (Å²) in [5.41, 5.74) is 0.248. The van der Waals surface area contributed by atoms with Gasteiger partial charge in [0.25, 0.3) is 0 Å². The summed E-state index contributed by atoms with van der Waals surface area (Å²) in [5.74, 6) is -1.88. The second-order valence-corrected chi connectivity index (χ2v) is 5.10. The minimum atomic E-state index is -0.685. The molecule has 22 heavy (non-hydrogen) atoms. The van der Waals surface area contributed by atoms with Crippen LogP contribution in [0.1, 0.15) is 38.8 Å². The molecule has 0 saturated carbocycles. The lowest BCUT2D eigenvalue weighted by atomic mass is 10.1. The highest BCUT2D eigenvalue weighted by Crippen LogP contribution is 2.17. The van der Waals surface area contributed by atoms with E-state index in [0.717, 1.165) is 18.6 Å². The van der Waals surface area contributed by atoms with Crippen LogP contribution in [0.4, 0.5) is 13.6 Å². The van der Waals surface area contributed by atoms with Gasteiger partial charge in [-0.1, -0.05) is 13.0 Å². The summed E-state index contributed by atoms with van der Waals surface area (Å²) < 4.78 is 26.4. The van der Waals surface area contributed by atoms with Crippen LogP contribution in [0.3, 0.4) is 0 Å². The molecule has 1 aromatic carbocycles. The van der Waals surface area contributed by atoms with E-state index in [9.17, 15) is 18.4 Å². The van der Waals surface area contributed by atoms with Crippen LogP contribution in [0.15, 0.2) is 18.2 Å². The molecule has 0 spiro atoms. The van der Waals surface area contributed by atoms with Crippen LogP contribution in [0.5, 0.6) is 0 Å². The molecule has 5 nitrogen and oxygen atoms in total. The van der Waals surface area contributed by atoms with Crippen LogP contribution in [-0.2, 0) is 4.79 Å². The molecule has 0 unspecified atom stereocenters. The van der Waals surface area contributed by atoms with Gasteiger partial charge in [-0.2, -0.15) is 0 Å². The Labute approximate surface area is 128 Å². The van der Waals surface area contributed by atoms with Crippen molar-refractivity contribution in [3.63, 3.8) is 0 Å². The zero-order valence-electron chi connectivity index (χ0n) is 12.9. The van der Waals surface area contributed by atoms with Gasteiger partial charge in [-0.05, 0) is 26.3 Å². The van der Waals surface area contributed by atoms with Crippen molar-refractivity contribution in [2.24, 2.45) is 0 Å². The number of amides is 3. The first-order chi connectivity index (χ1) is 10.3. The topological polar surface area (TPSA) is 70.2 Å². The van der Waals surface area contributed by atoms with Crippen LogP contribution >= 0.6 is 0 Å². The van der Waals surface area contributed by atoms with Crippen molar-refractivity contribution < 1.29 is 18.4 Å². The highest BCUT2D eigenvalue weighted by atomic mass is 19.1. The molecule has 0 heterocycles. The van der Waals surface area contributed by atoms with Gasteiger partial charge in [-0.15, -0.1) is 0 Å². The molecular formula is C15H21F2N3O2. The van der Waals surface area contributed by atoms with Crippen molar-refractivity contribution in [1.82, 2.24) is 16.0 Å². The van der Waals surface area contributed by atoms with Gasteiger partial charge in [0.05, 0.1) is 6.54 Å². The van der Waals surface area contributed by atoms with Crippen LogP contribution in [0, 0.1) is 11.6 Å². The minimum Gasteiger partial charge on any atom is -0.335 e. The Morgan fingerprint density at radius 1 is 1.23 bits per heavy atom. The number of carbonyl (C=O) groups excluding carboxylic acids is 2. The van der Waals surface area contributed by atoms with E-state index in [1.165, 1.54) is 6.07 Å². The van der Waals surface area contributed by atoms with E-state index < -0.39 is 29.6 Å². The molecule has 3 amide bonds. The smallest absolute Gasteiger partial charge is 0.321 e. The Morgan fingerprint density at radius 3 is 2.50 bits per heavy atom. The van der Waals surface area contributed by atoms with Gasteiger partial charge in [0.1, 0.15) is 11.6 Å². The van der Waals surface area contributed by atoms with E-state index in [0.29, 0.717) is 0 Å². The largest absolute Gasteiger partial charge is 0.335 e. The average molecular weight is 313 g/mol. The van der Waals surface area contributed by atoms with E-state index >= 15 is 0 Å². The predicted octanol–water partition coefficient (Wildman–Crippen LogP) is 2.24. The molecule has 0 aliphatic heterocycles.